The molecule has 102 valence electrons. The second-order valence-corrected chi connectivity index (χ2v) is 7.25. The van der Waals surface area contributed by atoms with Crippen molar-refractivity contribution in [3.8, 4) is 0 Å². The first-order valence-corrected chi connectivity index (χ1v) is 8.57. The van der Waals surface area contributed by atoms with Gasteiger partial charge in [0.2, 0.25) is 5.91 Å². The van der Waals surface area contributed by atoms with Crippen LogP contribution in [-0.2, 0) is 4.79 Å². The Bertz CT molecular complexity index is 290. The van der Waals surface area contributed by atoms with Crippen LogP contribution < -0.4 is 5.32 Å². The van der Waals surface area contributed by atoms with Crippen LogP contribution in [-0.4, -0.2) is 48.0 Å². The number of rotatable bonds is 2. The molecular weight excluding hydrogens is 244 g/mol. The Balaban J connectivity index is 1.50. The quantitative estimate of drug-likeness (QED) is 0.828. The lowest BCUT2D eigenvalue weighted by molar-refractivity contribution is -0.131. The summed E-state index contributed by atoms with van der Waals surface area (Å²) in [6.45, 7) is 3.12. The monoisotopic (exact) mass is 268 g/mol. The predicted molar refractivity (Wildman–Crippen MR) is 75.8 cm³/mol. The summed E-state index contributed by atoms with van der Waals surface area (Å²) in [6.07, 6.45) is 5.88. The molecular formula is C14H24N2OS. The third-order valence-electron chi connectivity index (χ3n) is 4.76. The third-order valence-corrected chi connectivity index (χ3v) is 5.80. The molecule has 3 saturated heterocycles. The summed E-state index contributed by atoms with van der Waals surface area (Å²) in [5.41, 5.74) is 0. The highest BCUT2D eigenvalue weighted by atomic mass is 32.2. The molecule has 0 radical (unpaired) electrons. The number of fused-ring (bicyclic) bond motifs is 1. The van der Waals surface area contributed by atoms with Crippen LogP contribution >= 0.6 is 11.8 Å². The predicted octanol–water partition coefficient (Wildman–Crippen LogP) is 1.73. The summed E-state index contributed by atoms with van der Waals surface area (Å²) in [4.78, 5) is 14.5. The Morgan fingerprint density at radius 1 is 1.22 bits per heavy atom. The van der Waals surface area contributed by atoms with Crippen molar-refractivity contribution in [1.29, 1.82) is 0 Å². The molecule has 3 heterocycles. The van der Waals surface area contributed by atoms with E-state index in [-0.39, 0.29) is 0 Å². The van der Waals surface area contributed by atoms with E-state index in [1.54, 1.807) is 0 Å². The molecule has 3 aliphatic rings. The van der Waals surface area contributed by atoms with E-state index >= 15 is 0 Å². The van der Waals surface area contributed by atoms with Crippen molar-refractivity contribution in [3.63, 3.8) is 0 Å². The number of nitrogens with zero attached hydrogens (tertiary/aromatic N) is 1. The third kappa shape index (κ3) is 2.85. The number of hydrogen-bond donors (Lipinski definition) is 1. The summed E-state index contributed by atoms with van der Waals surface area (Å²) in [7, 11) is 0. The summed E-state index contributed by atoms with van der Waals surface area (Å²) < 4.78 is 0. The topological polar surface area (TPSA) is 32.3 Å². The maximum absolute atomic E-state index is 12.3. The summed E-state index contributed by atoms with van der Waals surface area (Å²) in [6, 6.07) is 0.588. The molecule has 2 unspecified atom stereocenters. The second kappa shape index (κ2) is 5.83. The van der Waals surface area contributed by atoms with Gasteiger partial charge in [-0.1, -0.05) is 0 Å². The van der Waals surface area contributed by atoms with Gasteiger partial charge < -0.3 is 10.2 Å². The van der Waals surface area contributed by atoms with Gasteiger partial charge >= 0.3 is 0 Å². The zero-order valence-corrected chi connectivity index (χ0v) is 11.9. The van der Waals surface area contributed by atoms with E-state index < -0.39 is 0 Å². The van der Waals surface area contributed by atoms with Crippen molar-refractivity contribution in [2.75, 3.05) is 31.1 Å². The van der Waals surface area contributed by atoms with Gasteiger partial charge in [-0.25, -0.2) is 0 Å². The highest BCUT2D eigenvalue weighted by Gasteiger charge is 2.36. The molecule has 1 N–H and O–H groups in total. The first-order valence-electron chi connectivity index (χ1n) is 7.42. The minimum atomic E-state index is 0.420. The molecule has 0 aliphatic carbocycles. The number of piperidine rings is 1. The molecule has 18 heavy (non-hydrogen) atoms. The fourth-order valence-electron chi connectivity index (χ4n) is 3.58. The molecule has 0 aromatic carbocycles. The number of thioether (sulfide) groups is 1. The first-order chi connectivity index (χ1) is 8.83. The first kappa shape index (κ1) is 12.8. The Morgan fingerprint density at radius 2 is 2.06 bits per heavy atom. The Labute approximate surface area is 114 Å². The van der Waals surface area contributed by atoms with E-state index in [0.717, 1.165) is 32.0 Å². The van der Waals surface area contributed by atoms with Crippen LogP contribution in [0.1, 0.15) is 32.1 Å². The zero-order valence-electron chi connectivity index (χ0n) is 11.1. The van der Waals surface area contributed by atoms with Crippen LogP contribution in [0.15, 0.2) is 0 Å². The van der Waals surface area contributed by atoms with E-state index in [1.165, 1.54) is 37.2 Å². The van der Waals surface area contributed by atoms with E-state index in [1.807, 2.05) is 11.8 Å². The zero-order chi connectivity index (χ0) is 12.4. The van der Waals surface area contributed by atoms with Crippen LogP contribution in [0.5, 0.6) is 0 Å². The maximum Gasteiger partial charge on any atom is 0.222 e. The molecule has 3 aliphatic heterocycles. The SMILES string of the molecule is O=C(CC1CCSCC1)N1CC2CCCNC2C1. The molecule has 1 amide bonds. The van der Waals surface area contributed by atoms with E-state index in [4.69, 9.17) is 0 Å². The fraction of sp³-hybridized carbons (Fsp3) is 0.929. The van der Waals surface area contributed by atoms with Crippen LogP contribution in [0.25, 0.3) is 0 Å². The van der Waals surface area contributed by atoms with Gasteiger partial charge in [0.05, 0.1) is 0 Å². The molecule has 0 saturated carbocycles. The smallest absolute Gasteiger partial charge is 0.222 e. The maximum atomic E-state index is 12.3. The lowest BCUT2D eigenvalue weighted by atomic mass is 9.94. The van der Waals surface area contributed by atoms with Gasteiger partial charge in [-0.3, -0.25) is 4.79 Å². The van der Waals surface area contributed by atoms with E-state index in [9.17, 15) is 4.79 Å². The van der Waals surface area contributed by atoms with Gasteiger partial charge in [0.15, 0.2) is 0 Å². The van der Waals surface area contributed by atoms with Crippen LogP contribution in [0.3, 0.4) is 0 Å². The fourth-order valence-corrected chi connectivity index (χ4v) is 4.78. The Hall–Kier alpha value is -0.220. The molecule has 2 atom stereocenters. The number of likely N-dealkylation sites (tertiary alicyclic amines) is 1. The number of amides is 1. The van der Waals surface area contributed by atoms with Gasteiger partial charge in [0.1, 0.15) is 0 Å². The number of carbonyl (C=O) groups excluding carboxylic acids is 1. The van der Waals surface area contributed by atoms with Crippen molar-refractivity contribution < 1.29 is 4.79 Å². The average Bonchev–Trinajstić information content (AvgIpc) is 2.84. The molecule has 0 aromatic rings. The largest absolute Gasteiger partial charge is 0.341 e. The Kier molecular flexibility index (Phi) is 4.14. The summed E-state index contributed by atoms with van der Waals surface area (Å²) >= 11 is 2.04. The minimum Gasteiger partial charge on any atom is -0.341 e. The van der Waals surface area contributed by atoms with Crippen molar-refractivity contribution in [2.45, 2.75) is 38.1 Å². The van der Waals surface area contributed by atoms with E-state index in [0.29, 0.717) is 17.9 Å². The van der Waals surface area contributed by atoms with Crippen molar-refractivity contribution in [1.82, 2.24) is 10.2 Å². The van der Waals surface area contributed by atoms with Gasteiger partial charge in [0, 0.05) is 25.6 Å². The van der Waals surface area contributed by atoms with Crippen LogP contribution in [0.2, 0.25) is 0 Å². The lowest BCUT2D eigenvalue weighted by Gasteiger charge is -2.24. The summed E-state index contributed by atoms with van der Waals surface area (Å²) in [5.74, 6) is 4.32. The van der Waals surface area contributed by atoms with Crippen molar-refractivity contribution in [2.24, 2.45) is 11.8 Å². The lowest BCUT2D eigenvalue weighted by Crippen LogP contribution is -2.41. The van der Waals surface area contributed by atoms with E-state index in [2.05, 4.69) is 10.2 Å². The van der Waals surface area contributed by atoms with Crippen molar-refractivity contribution >= 4 is 17.7 Å². The van der Waals surface area contributed by atoms with Crippen molar-refractivity contribution in [3.05, 3.63) is 0 Å². The van der Waals surface area contributed by atoms with Gasteiger partial charge in [-0.15, -0.1) is 0 Å². The number of carbonyl (C=O) groups is 1. The molecule has 0 spiro atoms. The van der Waals surface area contributed by atoms with Crippen LogP contribution in [0.4, 0.5) is 0 Å². The molecule has 0 aromatic heterocycles. The van der Waals surface area contributed by atoms with Gasteiger partial charge in [0.25, 0.3) is 0 Å². The van der Waals surface area contributed by atoms with Gasteiger partial charge in [-0.2, -0.15) is 11.8 Å². The van der Waals surface area contributed by atoms with Crippen LogP contribution in [0, 0.1) is 11.8 Å². The summed E-state index contributed by atoms with van der Waals surface area (Å²) in [5, 5.41) is 3.57. The number of nitrogens with one attached hydrogen (secondary N) is 1. The molecule has 4 heteroatoms. The normalized spacial score (nSPS) is 33.4. The standard InChI is InChI=1S/C14H24N2OS/c17-14(8-11-3-6-18-7-4-11)16-9-12-2-1-5-15-13(12)10-16/h11-13,15H,1-10H2. The van der Waals surface area contributed by atoms with Gasteiger partial charge in [-0.05, 0) is 55.6 Å². The molecule has 3 nitrogen and oxygen atoms in total. The minimum absolute atomic E-state index is 0.420. The second-order valence-electron chi connectivity index (χ2n) is 6.02. The highest BCUT2D eigenvalue weighted by molar-refractivity contribution is 7.99. The molecule has 0 bridgehead atoms. The Morgan fingerprint density at radius 3 is 2.83 bits per heavy atom. The molecule has 3 fully saturated rings. The number of hydrogen-bond acceptors (Lipinski definition) is 3. The highest BCUT2D eigenvalue weighted by Crippen LogP contribution is 2.29. The molecule has 3 rings (SSSR count). The average molecular weight is 268 g/mol.